The second kappa shape index (κ2) is 3.73. The van der Waals surface area contributed by atoms with E-state index in [0.717, 1.165) is 0 Å². The Kier molecular flexibility index (Phi) is 2.57. The zero-order valence-electron chi connectivity index (χ0n) is 5.49. The number of hydrogen-bond acceptors (Lipinski definition) is 5. The maximum Gasteiger partial charge on any atom is 0.152 e. The number of nitrogens with zero attached hydrogens (tertiary/aromatic N) is 3. The lowest BCUT2D eigenvalue weighted by molar-refractivity contribution is 0.859. The first-order chi connectivity index (χ1) is 4.93. The van der Waals surface area contributed by atoms with Crippen LogP contribution in [0.4, 0.5) is 5.82 Å². The molecule has 0 fully saturated rings. The van der Waals surface area contributed by atoms with Crippen LogP contribution >= 0.6 is 0 Å². The van der Waals surface area contributed by atoms with Crippen molar-refractivity contribution in [3.05, 3.63) is 12.3 Å². The van der Waals surface area contributed by atoms with Gasteiger partial charge >= 0.3 is 0 Å². The van der Waals surface area contributed by atoms with E-state index in [4.69, 9.17) is 5.73 Å². The van der Waals surface area contributed by atoms with Crippen LogP contribution in [0.1, 0.15) is 0 Å². The molecule has 0 radical (unpaired) electrons. The summed E-state index contributed by atoms with van der Waals surface area (Å²) in [6, 6.07) is 1.74. The van der Waals surface area contributed by atoms with E-state index in [9.17, 15) is 0 Å². The fourth-order valence-electron chi connectivity index (χ4n) is 0.536. The molecular formula is C5H9N5. The predicted octanol–water partition coefficient (Wildman–Crippen LogP) is -0.758. The van der Waals surface area contributed by atoms with E-state index in [2.05, 4.69) is 20.7 Å². The molecule has 1 aromatic rings. The third kappa shape index (κ3) is 1.94. The Morgan fingerprint density at radius 3 is 3.10 bits per heavy atom. The summed E-state index contributed by atoms with van der Waals surface area (Å²) >= 11 is 0. The molecule has 5 nitrogen and oxygen atoms in total. The normalized spacial score (nSPS) is 9.30. The fourth-order valence-corrected chi connectivity index (χ4v) is 0.536. The summed E-state index contributed by atoms with van der Waals surface area (Å²) in [5.74, 6) is 0.709. The Hall–Kier alpha value is -1.23. The molecule has 0 saturated heterocycles. The topological polar surface area (TPSA) is 76.7 Å². The SMILES string of the molecule is NCCNc1ccnnn1. The van der Waals surface area contributed by atoms with E-state index < -0.39 is 0 Å². The van der Waals surface area contributed by atoms with E-state index in [-0.39, 0.29) is 0 Å². The van der Waals surface area contributed by atoms with Crippen LogP contribution in [0.3, 0.4) is 0 Å². The first-order valence-corrected chi connectivity index (χ1v) is 3.02. The van der Waals surface area contributed by atoms with Gasteiger partial charge in [-0.1, -0.05) is 0 Å². The Labute approximate surface area is 58.6 Å². The second-order valence-electron chi connectivity index (χ2n) is 1.72. The predicted molar refractivity (Wildman–Crippen MR) is 37.4 cm³/mol. The zero-order valence-corrected chi connectivity index (χ0v) is 5.49. The Bertz CT molecular complexity index is 175. The summed E-state index contributed by atoms with van der Waals surface area (Å²) in [5, 5.41) is 13.6. The zero-order chi connectivity index (χ0) is 7.23. The highest BCUT2D eigenvalue weighted by Crippen LogP contribution is 1.93. The molecule has 5 heteroatoms. The van der Waals surface area contributed by atoms with Crippen LogP contribution in [0.15, 0.2) is 12.3 Å². The van der Waals surface area contributed by atoms with E-state index >= 15 is 0 Å². The van der Waals surface area contributed by atoms with Gasteiger partial charge in [-0.3, -0.25) is 0 Å². The van der Waals surface area contributed by atoms with Gasteiger partial charge in [-0.05, 0) is 5.21 Å². The summed E-state index contributed by atoms with van der Waals surface area (Å²) < 4.78 is 0. The quantitative estimate of drug-likeness (QED) is 0.575. The summed E-state index contributed by atoms with van der Waals surface area (Å²) in [6.45, 7) is 1.29. The molecule has 0 aliphatic heterocycles. The number of hydrogen-bond donors (Lipinski definition) is 2. The van der Waals surface area contributed by atoms with Crippen molar-refractivity contribution in [2.45, 2.75) is 0 Å². The van der Waals surface area contributed by atoms with Crippen molar-refractivity contribution >= 4 is 5.82 Å². The molecule has 0 aliphatic carbocycles. The molecule has 0 atom stereocenters. The second-order valence-corrected chi connectivity index (χ2v) is 1.72. The van der Waals surface area contributed by atoms with Crippen molar-refractivity contribution in [1.82, 2.24) is 15.4 Å². The van der Waals surface area contributed by atoms with E-state index in [1.165, 1.54) is 0 Å². The van der Waals surface area contributed by atoms with Crippen LogP contribution in [0, 0.1) is 0 Å². The smallest absolute Gasteiger partial charge is 0.152 e. The average Bonchev–Trinajstić information content (AvgIpc) is 2.03. The summed E-state index contributed by atoms with van der Waals surface area (Å²) in [4.78, 5) is 0. The highest BCUT2D eigenvalue weighted by Gasteiger charge is 1.87. The van der Waals surface area contributed by atoms with Crippen LogP contribution in [0.5, 0.6) is 0 Å². The number of nitrogens with two attached hydrogens (primary N) is 1. The van der Waals surface area contributed by atoms with Crippen molar-refractivity contribution in [1.29, 1.82) is 0 Å². The molecule has 1 heterocycles. The molecule has 0 saturated carbocycles. The van der Waals surface area contributed by atoms with Gasteiger partial charge in [-0.15, -0.1) is 10.2 Å². The largest absolute Gasteiger partial charge is 0.367 e. The number of aromatic nitrogens is 3. The number of nitrogens with one attached hydrogen (secondary N) is 1. The maximum absolute atomic E-state index is 5.25. The van der Waals surface area contributed by atoms with Crippen molar-refractivity contribution in [2.75, 3.05) is 18.4 Å². The summed E-state index contributed by atoms with van der Waals surface area (Å²) in [7, 11) is 0. The van der Waals surface area contributed by atoms with Gasteiger partial charge in [0.15, 0.2) is 5.82 Å². The van der Waals surface area contributed by atoms with Crippen LogP contribution in [-0.4, -0.2) is 28.5 Å². The molecule has 0 spiro atoms. The Morgan fingerprint density at radius 2 is 2.50 bits per heavy atom. The number of rotatable bonds is 3. The summed E-state index contributed by atoms with van der Waals surface area (Å²) in [6.07, 6.45) is 1.58. The van der Waals surface area contributed by atoms with Crippen LogP contribution in [0.2, 0.25) is 0 Å². The van der Waals surface area contributed by atoms with Gasteiger partial charge in [-0.25, -0.2) is 0 Å². The van der Waals surface area contributed by atoms with Gasteiger partial charge in [0.1, 0.15) is 0 Å². The third-order valence-corrected chi connectivity index (χ3v) is 0.954. The van der Waals surface area contributed by atoms with Crippen molar-refractivity contribution in [2.24, 2.45) is 5.73 Å². The number of anilines is 1. The molecule has 0 aromatic carbocycles. The fraction of sp³-hybridized carbons (Fsp3) is 0.400. The lowest BCUT2D eigenvalue weighted by atomic mass is 10.5. The average molecular weight is 139 g/mol. The minimum atomic E-state index is 0.587. The van der Waals surface area contributed by atoms with Gasteiger partial charge in [0, 0.05) is 19.2 Å². The maximum atomic E-state index is 5.25. The first kappa shape index (κ1) is 6.88. The monoisotopic (exact) mass is 139 g/mol. The van der Waals surface area contributed by atoms with Crippen molar-refractivity contribution in [3.63, 3.8) is 0 Å². The van der Waals surface area contributed by atoms with Crippen molar-refractivity contribution in [3.8, 4) is 0 Å². The molecule has 0 bridgehead atoms. The summed E-state index contributed by atoms with van der Waals surface area (Å²) in [5.41, 5.74) is 5.25. The standard InChI is InChI=1S/C5H9N5/c6-2-4-7-5-1-3-8-10-9-5/h1,3H,2,4,6H2,(H,7,8,9). The van der Waals surface area contributed by atoms with Crippen molar-refractivity contribution < 1.29 is 0 Å². The van der Waals surface area contributed by atoms with Gasteiger partial charge in [0.2, 0.25) is 0 Å². The van der Waals surface area contributed by atoms with E-state index in [0.29, 0.717) is 18.9 Å². The Balaban J connectivity index is 2.43. The molecule has 10 heavy (non-hydrogen) atoms. The van der Waals surface area contributed by atoms with Gasteiger partial charge in [-0.2, -0.15) is 0 Å². The minimum Gasteiger partial charge on any atom is -0.367 e. The lowest BCUT2D eigenvalue weighted by Gasteiger charge is -1.98. The third-order valence-electron chi connectivity index (χ3n) is 0.954. The molecule has 0 amide bonds. The molecule has 0 aliphatic rings. The molecule has 0 unspecified atom stereocenters. The van der Waals surface area contributed by atoms with Gasteiger partial charge in [0.25, 0.3) is 0 Å². The molecule has 1 aromatic heterocycles. The highest BCUT2D eigenvalue weighted by atomic mass is 15.3. The Morgan fingerprint density at radius 1 is 1.60 bits per heavy atom. The minimum absolute atomic E-state index is 0.587. The molecule has 3 N–H and O–H groups in total. The molecule has 1 rings (SSSR count). The van der Waals surface area contributed by atoms with Gasteiger partial charge < -0.3 is 11.1 Å². The molecular weight excluding hydrogens is 130 g/mol. The van der Waals surface area contributed by atoms with Crippen LogP contribution in [-0.2, 0) is 0 Å². The molecule has 54 valence electrons. The van der Waals surface area contributed by atoms with Gasteiger partial charge in [0.05, 0.1) is 6.20 Å². The highest BCUT2D eigenvalue weighted by molar-refractivity contribution is 5.29. The first-order valence-electron chi connectivity index (χ1n) is 3.02. The van der Waals surface area contributed by atoms with E-state index in [1.54, 1.807) is 12.3 Å². The lowest BCUT2D eigenvalue weighted by Crippen LogP contribution is -2.14. The van der Waals surface area contributed by atoms with Crippen LogP contribution < -0.4 is 11.1 Å². The van der Waals surface area contributed by atoms with Crippen LogP contribution in [0.25, 0.3) is 0 Å². The van der Waals surface area contributed by atoms with E-state index in [1.807, 2.05) is 0 Å².